The normalized spacial score (nSPS) is 17.1. The first kappa shape index (κ1) is 8.76. The zero-order valence-corrected chi connectivity index (χ0v) is 6.73. The lowest BCUT2D eigenvalue weighted by molar-refractivity contribution is -0.482. The van der Waals surface area contributed by atoms with E-state index in [1.807, 2.05) is 0 Å². The molecular weight excluding hydrogens is 136 g/mol. The Morgan fingerprint density at radius 3 is 2.56 bits per heavy atom. The summed E-state index contributed by atoms with van der Waals surface area (Å²) in [6, 6.07) is 0. The SMILES string of the molecule is CCN1C=[N+](C)CC1.[Cl-]. The first-order valence-electron chi connectivity index (χ1n) is 3.12. The third-order valence-electron chi connectivity index (χ3n) is 1.51. The van der Waals surface area contributed by atoms with Crippen molar-refractivity contribution in [1.29, 1.82) is 0 Å². The maximum absolute atomic E-state index is 2.31. The van der Waals surface area contributed by atoms with E-state index in [1.165, 1.54) is 13.1 Å². The fraction of sp³-hybridized carbons (Fsp3) is 0.833. The Bertz CT molecular complexity index is 112. The summed E-state index contributed by atoms with van der Waals surface area (Å²) in [5.74, 6) is 0. The third kappa shape index (κ3) is 2.22. The van der Waals surface area contributed by atoms with Crippen molar-refractivity contribution in [2.75, 3.05) is 26.7 Å². The fourth-order valence-electron chi connectivity index (χ4n) is 0.920. The topological polar surface area (TPSA) is 6.25 Å². The molecule has 0 saturated heterocycles. The summed E-state index contributed by atoms with van der Waals surface area (Å²) >= 11 is 0. The van der Waals surface area contributed by atoms with Gasteiger partial charge in [0.2, 0.25) is 6.34 Å². The second kappa shape index (κ2) is 3.72. The van der Waals surface area contributed by atoms with E-state index < -0.39 is 0 Å². The second-order valence-corrected chi connectivity index (χ2v) is 2.22. The Hall–Kier alpha value is -0.240. The van der Waals surface area contributed by atoms with E-state index >= 15 is 0 Å². The van der Waals surface area contributed by atoms with Gasteiger partial charge in [0.1, 0.15) is 13.1 Å². The smallest absolute Gasteiger partial charge is 0.234 e. The van der Waals surface area contributed by atoms with Crippen LogP contribution in [0.5, 0.6) is 0 Å². The van der Waals surface area contributed by atoms with Gasteiger partial charge in [0.25, 0.3) is 0 Å². The summed E-state index contributed by atoms with van der Waals surface area (Å²) in [6.07, 6.45) is 2.17. The average molecular weight is 149 g/mol. The Labute approximate surface area is 62.6 Å². The first-order valence-corrected chi connectivity index (χ1v) is 3.12. The van der Waals surface area contributed by atoms with E-state index in [2.05, 4.69) is 29.8 Å². The van der Waals surface area contributed by atoms with Gasteiger partial charge in [-0.3, -0.25) is 9.48 Å². The molecule has 1 aliphatic rings. The Morgan fingerprint density at radius 2 is 2.33 bits per heavy atom. The molecule has 1 rings (SSSR count). The molecule has 54 valence electrons. The van der Waals surface area contributed by atoms with E-state index in [0.717, 1.165) is 6.54 Å². The van der Waals surface area contributed by atoms with Gasteiger partial charge < -0.3 is 12.4 Å². The van der Waals surface area contributed by atoms with E-state index in [0.29, 0.717) is 0 Å². The van der Waals surface area contributed by atoms with Crippen LogP contribution in [0.1, 0.15) is 6.92 Å². The van der Waals surface area contributed by atoms with Crippen LogP contribution >= 0.6 is 0 Å². The zero-order valence-electron chi connectivity index (χ0n) is 5.97. The summed E-state index contributed by atoms with van der Waals surface area (Å²) in [4.78, 5) is 2.31. The van der Waals surface area contributed by atoms with Gasteiger partial charge in [0, 0.05) is 0 Å². The van der Waals surface area contributed by atoms with Gasteiger partial charge >= 0.3 is 0 Å². The molecule has 0 amide bonds. The van der Waals surface area contributed by atoms with Crippen molar-refractivity contribution in [2.45, 2.75) is 6.92 Å². The number of nitrogens with zero attached hydrogens (tertiary/aromatic N) is 2. The standard InChI is InChI=1S/C6H13N2.ClH/c1-3-8-5-4-7(2)6-8;/h6H,3-5H2,1-2H3;1H/q+1;/p-1. The molecule has 0 saturated carbocycles. The average Bonchev–Trinajstić information content (AvgIpc) is 2.14. The van der Waals surface area contributed by atoms with Gasteiger partial charge in [0.15, 0.2) is 0 Å². The minimum Gasteiger partial charge on any atom is -1.00 e. The van der Waals surface area contributed by atoms with Crippen LogP contribution in [-0.2, 0) is 0 Å². The molecule has 0 bridgehead atoms. The van der Waals surface area contributed by atoms with Crippen LogP contribution in [0.4, 0.5) is 0 Å². The third-order valence-corrected chi connectivity index (χ3v) is 1.51. The molecule has 3 heteroatoms. The van der Waals surface area contributed by atoms with Crippen LogP contribution in [0.15, 0.2) is 0 Å². The number of hydrogen-bond acceptors (Lipinski definition) is 1. The van der Waals surface area contributed by atoms with Gasteiger partial charge in [-0.15, -0.1) is 0 Å². The minimum atomic E-state index is 0. The van der Waals surface area contributed by atoms with E-state index in [-0.39, 0.29) is 12.4 Å². The predicted octanol–water partition coefficient (Wildman–Crippen LogP) is -3.00. The molecule has 0 radical (unpaired) electrons. The summed E-state index contributed by atoms with van der Waals surface area (Å²) in [7, 11) is 2.11. The van der Waals surface area contributed by atoms with Crippen molar-refractivity contribution < 1.29 is 17.0 Å². The predicted molar refractivity (Wildman–Crippen MR) is 34.4 cm³/mol. The van der Waals surface area contributed by atoms with Crippen LogP contribution in [0, 0.1) is 0 Å². The van der Waals surface area contributed by atoms with E-state index in [9.17, 15) is 0 Å². The Morgan fingerprint density at radius 1 is 1.67 bits per heavy atom. The lowest BCUT2D eigenvalue weighted by Gasteiger charge is -1.98. The molecule has 0 spiro atoms. The maximum atomic E-state index is 2.31. The number of halogens is 1. The van der Waals surface area contributed by atoms with Crippen LogP contribution in [-0.4, -0.2) is 42.5 Å². The Balaban J connectivity index is 0.000000640. The summed E-state index contributed by atoms with van der Waals surface area (Å²) in [5, 5.41) is 0. The minimum absolute atomic E-state index is 0. The van der Waals surface area contributed by atoms with Gasteiger partial charge in [-0.25, -0.2) is 0 Å². The van der Waals surface area contributed by atoms with Crippen LogP contribution < -0.4 is 12.4 Å². The van der Waals surface area contributed by atoms with Gasteiger partial charge in [-0.2, -0.15) is 0 Å². The summed E-state index contributed by atoms with van der Waals surface area (Å²) < 4.78 is 2.21. The number of likely N-dealkylation sites (N-methyl/N-ethyl adjacent to an activating group) is 2. The first-order chi connectivity index (χ1) is 3.83. The van der Waals surface area contributed by atoms with Crippen molar-refractivity contribution in [2.24, 2.45) is 0 Å². The molecule has 1 heterocycles. The maximum Gasteiger partial charge on any atom is 0.234 e. The van der Waals surface area contributed by atoms with Crippen molar-refractivity contribution in [3.05, 3.63) is 0 Å². The molecular formula is C6H13ClN2. The Kier molecular flexibility index (Phi) is 3.62. The lowest BCUT2D eigenvalue weighted by atomic mass is 10.6. The lowest BCUT2D eigenvalue weighted by Crippen LogP contribution is -3.00. The molecule has 0 aromatic heterocycles. The molecule has 0 aromatic carbocycles. The van der Waals surface area contributed by atoms with Crippen LogP contribution in [0.25, 0.3) is 0 Å². The van der Waals surface area contributed by atoms with Crippen LogP contribution in [0.2, 0.25) is 0 Å². The van der Waals surface area contributed by atoms with Gasteiger partial charge in [-0.1, -0.05) is 0 Å². The highest BCUT2D eigenvalue weighted by molar-refractivity contribution is 5.49. The van der Waals surface area contributed by atoms with Gasteiger partial charge in [-0.05, 0) is 6.92 Å². The second-order valence-electron chi connectivity index (χ2n) is 2.22. The fourth-order valence-corrected chi connectivity index (χ4v) is 0.920. The zero-order chi connectivity index (χ0) is 5.98. The molecule has 1 aliphatic heterocycles. The highest BCUT2D eigenvalue weighted by atomic mass is 35.5. The summed E-state index contributed by atoms with van der Waals surface area (Å²) in [6.45, 7) is 5.71. The number of hydrogen-bond donors (Lipinski definition) is 0. The molecule has 0 unspecified atom stereocenters. The largest absolute Gasteiger partial charge is 1.00 e. The highest BCUT2D eigenvalue weighted by Crippen LogP contribution is 1.88. The van der Waals surface area contributed by atoms with Crippen molar-refractivity contribution in [1.82, 2.24) is 4.90 Å². The van der Waals surface area contributed by atoms with Crippen molar-refractivity contribution in [3.8, 4) is 0 Å². The molecule has 0 aromatic rings. The molecule has 0 fully saturated rings. The van der Waals surface area contributed by atoms with Crippen LogP contribution in [0.3, 0.4) is 0 Å². The molecule has 0 N–H and O–H groups in total. The quantitative estimate of drug-likeness (QED) is 0.360. The number of rotatable bonds is 1. The molecule has 2 nitrogen and oxygen atoms in total. The van der Waals surface area contributed by atoms with E-state index in [4.69, 9.17) is 0 Å². The molecule has 0 aliphatic carbocycles. The monoisotopic (exact) mass is 148 g/mol. The van der Waals surface area contributed by atoms with Gasteiger partial charge in [0.05, 0.1) is 13.6 Å². The molecule has 9 heavy (non-hydrogen) atoms. The highest BCUT2D eigenvalue weighted by Gasteiger charge is 2.12. The molecule has 0 atom stereocenters. The van der Waals surface area contributed by atoms with Crippen molar-refractivity contribution in [3.63, 3.8) is 0 Å². The van der Waals surface area contributed by atoms with Crippen molar-refractivity contribution >= 4 is 6.34 Å². The summed E-state index contributed by atoms with van der Waals surface area (Å²) in [5.41, 5.74) is 0. The van der Waals surface area contributed by atoms with E-state index in [1.54, 1.807) is 0 Å².